The fourth-order valence-electron chi connectivity index (χ4n) is 6.52. The fourth-order valence-corrected chi connectivity index (χ4v) is 6.52. The van der Waals surface area contributed by atoms with Crippen molar-refractivity contribution in [2.75, 3.05) is 6.54 Å². The molecule has 4 rings (SSSR count). The van der Waals surface area contributed by atoms with Crippen LogP contribution in [0.5, 0.6) is 5.75 Å². The number of likely N-dealkylation sites (tertiary alicyclic amines) is 1. The van der Waals surface area contributed by atoms with Gasteiger partial charge in [0.05, 0.1) is 0 Å². The lowest BCUT2D eigenvalue weighted by Gasteiger charge is -2.58. The number of fused-ring (bicyclic) bond motifs is 3. The van der Waals surface area contributed by atoms with E-state index in [2.05, 4.69) is 31.7 Å². The molecule has 1 saturated carbocycles. The summed E-state index contributed by atoms with van der Waals surface area (Å²) < 4.78 is 0. The predicted octanol–water partition coefficient (Wildman–Crippen LogP) is 2.96. The molecule has 25 heavy (non-hydrogen) atoms. The number of hydrogen-bond acceptors (Lipinski definition) is 3. The Hall–Kier alpha value is -1.55. The molecule has 1 aromatic carbocycles. The molecule has 0 aromatic heterocycles. The number of carbonyl (C=O) groups excluding carboxylic acids is 1. The number of hydrogen-bond donors (Lipinski definition) is 2. The number of carbonyl (C=O) groups is 1. The monoisotopic (exact) mass is 342 g/mol. The van der Waals surface area contributed by atoms with Crippen molar-refractivity contribution < 1.29 is 9.90 Å². The lowest BCUT2D eigenvalue weighted by molar-refractivity contribution is -0.118. The Kier molecular flexibility index (Phi) is 3.70. The van der Waals surface area contributed by atoms with Crippen molar-refractivity contribution in [1.29, 1.82) is 0 Å². The molecule has 0 radical (unpaired) electrons. The number of nitrogens with two attached hydrogens (primary N) is 1. The molecule has 1 saturated heterocycles. The molecular formula is C21H30N2O2. The van der Waals surface area contributed by atoms with Gasteiger partial charge in [-0.05, 0) is 68.7 Å². The molecule has 3 N–H and O–H groups in total. The van der Waals surface area contributed by atoms with Crippen LogP contribution in [-0.4, -0.2) is 34.5 Å². The predicted molar refractivity (Wildman–Crippen MR) is 98.4 cm³/mol. The van der Waals surface area contributed by atoms with Gasteiger partial charge in [0, 0.05) is 35.9 Å². The molecule has 1 spiro atoms. The molecule has 2 aliphatic carbocycles. The lowest BCUT2D eigenvalue weighted by atomic mass is 9.61. The van der Waals surface area contributed by atoms with Crippen LogP contribution >= 0.6 is 0 Å². The molecule has 1 aliphatic heterocycles. The van der Waals surface area contributed by atoms with Crippen LogP contribution in [0.1, 0.15) is 57.6 Å². The van der Waals surface area contributed by atoms with Gasteiger partial charge in [-0.15, -0.1) is 0 Å². The fraction of sp³-hybridized carbons (Fsp3) is 0.667. The van der Waals surface area contributed by atoms with E-state index >= 15 is 0 Å². The number of rotatable bonds is 5. The topological polar surface area (TPSA) is 66.6 Å². The van der Waals surface area contributed by atoms with Crippen LogP contribution in [0.25, 0.3) is 0 Å². The van der Waals surface area contributed by atoms with E-state index in [1.807, 2.05) is 12.1 Å². The normalized spacial score (nSPS) is 36.0. The first-order chi connectivity index (χ1) is 11.8. The van der Waals surface area contributed by atoms with Gasteiger partial charge >= 0.3 is 0 Å². The summed E-state index contributed by atoms with van der Waals surface area (Å²) in [5.74, 6) is 0.672. The SMILES string of the molecule is CC(C)N1CC23Cc4ccc(O)cc4C(CCCC(N)=O)(C2)[C@@H](C)C13. The van der Waals surface area contributed by atoms with Crippen molar-refractivity contribution in [3.05, 3.63) is 29.3 Å². The highest BCUT2D eigenvalue weighted by atomic mass is 16.3. The van der Waals surface area contributed by atoms with E-state index in [1.165, 1.54) is 24.1 Å². The summed E-state index contributed by atoms with van der Waals surface area (Å²) in [6.07, 6.45) is 4.58. The second-order valence-corrected chi connectivity index (χ2v) is 9.03. The van der Waals surface area contributed by atoms with Crippen LogP contribution in [0.4, 0.5) is 0 Å². The number of primary amides is 1. The first-order valence-electron chi connectivity index (χ1n) is 9.65. The summed E-state index contributed by atoms with van der Waals surface area (Å²) in [5, 5.41) is 10.1. The van der Waals surface area contributed by atoms with Crippen LogP contribution in [-0.2, 0) is 16.6 Å². The van der Waals surface area contributed by atoms with Crippen molar-refractivity contribution >= 4 is 5.91 Å². The number of aromatic hydroxyl groups is 1. The summed E-state index contributed by atoms with van der Waals surface area (Å²) in [7, 11) is 0. The Labute approximate surface area is 150 Å². The molecule has 4 heteroatoms. The molecule has 1 aromatic rings. The van der Waals surface area contributed by atoms with Crippen molar-refractivity contribution in [2.24, 2.45) is 17.1 Å². The Morgan fingerprint density at radius 3 is 2.88 bits per heavy atom. The molecule has 2 bridgehead atoms. The van der Waals surface area contributed by atoms with Crippen LogP contribution in [0.3, 0.4) is 0 Å². The molecule has 4 atom stereocenters. The molecule has 1 amide bonds. The Bertz CT molecular complexity index is 716. The van der Waals surface area contributed by atoms with Gasteiger partial charge in [-0.25, -0.2) is 0 Å². The highest BCUT2D eigenvalue weighted by Crippen LogP contribution is 2.68. The first kappa shape index (κ1) is 16.9. The van der Waals surface area contributed by atoms with Crippen LogP contribution in [0.2, 0.25) is 0 Å². The Morgan fingerprint density at radius 1 is 1.44 bits per heavy atom. The van der Waals surface area contributed by atoms with Crippen molar-refractivity contribution in [2.45, 2.75) is 70.4 Å². The maximum Gasteiger partial charge on any atom is 0.217 e. The van der Waals surface area contributed by atoms with Gasteiger partial charge < -0.3 is 10.8 Å². The van der Waals surface area contributed by atoms with E-state index in [9.17, 15) is 9.90 Å². The lowest BCUT2D eigenvalue weighted by Crippen LogP contribution is -2.66. The molecule has 3 aliphatic rings. The second-order valence-electron chi connectivity index (χ2n) is 9.03. The van der Waals surface area contributed by atoms with Crippen LogP contribution < -0.4 is 5.73 Å². The third-order valence-electron chi connectivity index (χ3n) is 7.38. The maximum atomic E-state index is 11.3. The summed E-state index contributed by atoms with van der Waals surface area (Å²) in [6, 6.07) is 7.12. The zero-order valence-electron chi connectivity index (χ0n) is 15.6. The van der Waals surface area contributed by atoms with E-state index in [0.29, 0.717) is 35.6 Å². The van der Waals surface area contributed by atoms with Gasteiger partial charge in [0.1, 0.15) is 5.75 Å². The van der Waals surface area contributed by atoms with E-state index in [0.717, 1.165) is 19.3 Å². The zero-order chi connectivity index (χ0) is 18.0. The van der Waals surface area contributed by atoms with Gasteiger partial charge in [-0.1, -0.05) is 13.0 Å². The number of amides is 1. The number of benzene rings is 1. The summed E-state index contributed by atoms with van der Waals surface area (Å²) >= 11 is 0. The first-order valence-corrected chi connectivity index (χ1v) is 9.65. The highest BCUT2D eigenvalue weighted by molar-refractivity contribution is 5.73. The van der Waals surface area contributed by atoms with Gasteiger partial charge in [0.2, 0.25) is 5.91 Å². The van der Waals surface area contributed by atoms with E-state index in [4.69, 9.17) is 5.73 Å². The van der Waals surface area contributed by atoms with Gasteiger partial charge in [0.15, 0.2) is 0 Å². The minimum Gasteiger partial charge on any atom is -0.508 e. The molecule has 1 heterocycles. The van der Waals surface area contributed by atoms with Crippen LogP contribution in [0, 0.1) is 11.3 Å². The minimum atomic E-state index is -0.213. The third kappa shape index (κ3) is 2.26. The van der Waals surface area contributed by atoms with Gasteiger partial charge in [-0.3, -0.25) is 9.69 Å². The van der Waals surface area contributed by atoms with E-state index < -0.39 is 0 Å². The highest BCUT2D eigenvalue weighted by Gasteiger charge is 2.69. The average Bonchev–Trinajstić information content (AvgIpc) is 2.65. The Morgan fingerprint density at radius 2 is 2.20 bits per heavy atom. The van der Waals surface area contributed by atoms with Crippen molar-refractivity contribution in [3.63, 3.8) is 0 Å². The van der Waals surface area contributed by atoms with Crippen molar-refractivity contribution in [3.8, 4) is 5.75 Å². The molecule has 3 unspecified atom stereocenters. The minimum absolute atomic E-state index is 0.0656. The largest absolute Gasteiger partial charge is 0.508 e. The molecule has 136 valence electrons. The maximum absolute atomic E-state index is 11.3. The molecule has 4 nitrogen and oxygen atoms in total. The second kappa shape index (κ2) is 5.47. The quantitative estimate of drug-likeness (QED) is 0.864. The average molecular weight is 342 g/mol. The van der Waals surface area contributed by atoms with E-state index in [-0.39, 0.29) is 11.3 Å². The van der Waals surface area contributed by atoms with Gasteiger partial charge in [0.25, 0.3) is 0 Å². The number of nitrogens with zero attached hydrogens (tertiary/aromatic N) is 1. The van der Waals surface area contributed by atoms with Gasteiger partial charge in [-0.2, -0.15) is 0 Å². The summed E-state index contributed by atoms with van der Waals surface area (Å²) in [5.41, 5.74) is 8.57. The number of phenolic OH excluding ortho intramolecular Hbond substituents is 1. The standard InChI is InChI=1S/C21H30N2O2/c1-13(2)23-12-20-10-15-6-7-16(24)9-17(15)21(11-20,14(3)19(20)23)8-4-5-18(22)25/h6-7,9,13-14,19,24H,4-5,8,10-12H2,1-3H3,(H2,22,25)/t14-,19?,20?,21?/m0/s1. The third-order valence-corrected chi connectivity index (χ3v) is 7.38. The van der Waals surface area contributed by atoms with Crippen molar-refractivity contribution in [1.82, 2.24) is 4.90 Å². The zero-order valence-corrected chi connectivity index (χ0v) is 15.6. The molecular weight excluding hydrogens is 312 g/mol. The molecule has 2 fully saturated rings. The smallest absolute Gasteiger partial charge is 0.217 e. The summed E-state index contributed by atoms with van der Waals surface area (Å²) in [4.78, 5) is 13.9. The van der Waals surface area contributed by atoms with Crippen LogP contribution in [0.15, 0.2) is 18.2 Å². The summed E-state index contributed by atoms with van der Waals surface area (Å²) in [6.45, 7) is 8.16. The Balaban J connectivity index is 1.76. The number of phenols is 1. The van der Waals surface area contributed by atoms with E-state index in [1.54, 1.807) is 0 Å².